The zero-order chi connectivity index (χ0) is 14.5. The monoisotopic (exact) mass is 264 g/mol. The average Bonchev–Trinajstić information content (AvgIpc) is 2.38. The fourth-order valence-corrected chi connectivity index (χ4v) is 1.38. The molecular weight excluding hydrogens is 236 g/mol. The summed E-state index contributed by atoms with van der Waals surface area (Å²) in [7, 11) is 0. The summed E-state index contributed by atoms with van der Waals surface area (Å²) in [5, 5.41) is 6.73. The van der Waals surface area contributed by atoms with Gasteiger partial charge in [0, 0.05) is 12.6 Å². The number of ether oxygens (including phenoxy) is 1. The molecule has 0 saturated carbocycles. The Morgan fingerprint density at radius 1 is 1.32 bits per heavy atom. The predicted molar refractivity (Wildman–Crippen MR) is 83.9 cm³/mol. The highest BCUT2D eigenvalue weighted by Gasteiger charge is 2.02. The molecule has 0 amide bonds. The minimum absolute atomic E-state index is 0.475. The quantitative estimate of drug-likeness (QED) is 0.260. The number of allylic oxidation sites excluding steroid dienone is 3. The van der Waals surface area contributed by atoms with Crippen LogP contribution < -0.4 is 10.6 Å². The van der Waals surface area contributed by atoms with Gasteiger partial charge < -0.3 is 15.4 Å². The third-order valence-electron chi connectivity index (χ3n) is 2.35. The van der Waals surface area contributed by atoms with Crippen LogP contribution in [0.1, 0.15) is 27.2 Å². The van der Waals surface area contributed by atoms with Crippen molar-refractivity contribution >= 4 is 0 Å². The highest BCUT2D eigenvalue weighted by molar-refractivity contribution is 5.25. The number of hydrogen-bond donors (Lipinski definition) is 2. The zero-order valence-corrected chi connectivity index (χ0v) is 12.5. The second-order valence-electron chi connectivity index (χ2n) is 4.52. The Bertz CT molecular complexity index is 317. The maximum absolute atomic E-state index is 5.45. The van der Waals surface area contributed by atoms with Gasteiger partial charge >= 0.3 is 0 Å². The molecule has 0 aliphatic rings. The van der Waals surface area contributed by atoms with Gasteiger partial charge in [-0.1, -0.05) is 45.2 Å². The van der Waals surface area contributed by atoms with Crippen molar-refractivity contribution in [3.63, 3.8) is 0 Å². The summed E-state index contributed by atoms with van der Waals surface area (Å²) in [5.41, 5.74) is 0.921. The lowest BCUT2D eigenvalue weighted by Crippen LogP contribution is -2.27. The van der Waals surface area contributed by atoms with Crippen LogP contribution in [0.5, 0.6) is 0 Å². The van der Waals surface area contributed by atoms with Crippen molar-refractivity contribution < 1.29 is 4.74 Å². The lowest BCUT2D eigenvalue weighted by molar-refractivity contribution is 0.254. The van der Waals surface area contributed by atoms with E-state index in [1.165, 1.54) is 0 Å². The highest BCUT2D eigenvalue weighted by Crippen LogP contribution is 2.06. The topological polar surface area (TPSA) is 33.3 Å². The van der Waals surface area contributed by atoms with Gasteiger partial charge in [-0.05, 0) is 26.0 Å². The van der Waals surface area contributed by atoms with E-state index in [0.29, 0.717) is 18.4 Å². The number of rotatable bonds is 11. The van der Waals surface area contributed by atoms with E-state index in [-0.39, 0.29) is 0 Å². The lowest BCUT2D eigenvalue weighted by Gasteiger charge is -2.14. The molecule has 0 radical (unpaired) electrons. The molecule has 0 aromatic carbocycles. The van der Waals surface area contributed by atoms with Crippen molar-refractivity contribution in [3.05, 3.63) is 48.9 Å². The van der Waals surface area contributed by atoms with Gasteiger partial charge in [-0.25, -0.2) is 0 Å². The van der Waals surface area contributed by atoms with Crippen LogP contribution >= 0.6 is 0 Å². The summed E-state index contributed by atoms with van der Waals surface area (Å²) < 4.78 is 5.45. The van der Waals surface area contributed by atoms with Gasteiger partial charge in [0.1, 0.15) is 12.4 Å². The second kappa shape index (κ2) is 11.6. The van der Waals surface area contributed by atoms with E-state index in [1.54, 1.807) is 6.08 Å². The molecule has 0 unspecified atom stereocenters. The molecule has 0 atom stereocenters. The molecule has 0 aliphatic heterocycles. The van der Waals surface area contributed by atoms with Crippen molar-refractivity contribution in [3.8, 4) is 0 Å². The van der Waals surface area contributed by atoms with E-state index in [0.717, 1.165) is 25.2 Å². The summed E-state index contributed by atoms with van der Waals surface area (Å²) in [6.45, 7) is 16.2. The first-order valence-corrected chi connectivity index (χ1v) is 6.85. The van der Waals surface area contributed by atoms with Crippen molar-refractivity contribution in [2.24, 2.45) is 0 Å². The molecular formula is C16H28N2O. The molecule has 3 nitrogen and oxygen atoms in total. The van der Waals surface area contributed by atoms with Gasteiger partial charge in [-0.15, -0.1) is 0 Å². The summed E-state index contributed by atoms with van der Waals surface area (Å²) in [6.07, 6.45) is 8.69. The fraction of sp³-hybridized carbons (Fsp3) is 0.500. The van der Waals surface area contributed by atoms with E-state index < -0.39 is 0 Å². The van der Waals surface area contributed by atoms with Crippen LogP contribution in [0.25, 0.3) is 0 Å². The van der Waals surface area contributed by atoms with Gasteiger partial charge in [0.05, 0.1) is 5.70 Å². The van der Waals surface area contributed by atoms with E-state index in [1.807, 2.05) is 25.2 Å². The summed E-state index contributed by atoms with van der Waals surface area (Å²) in [4.78, 5) is 0. The molecule has 3 heteroatoms. The predicted octanol–water partition coefficient (Wildman–Crippen LogP) is 3.14. The third-order valence-corrected chi connectivity index (χ3v) is 2.35. The van der Waals surface area contributed by atoms with Gasteiger partial charge in [0.2, 0.25) is 0 Å². The molecule has 0 aliphatic carbocycles. The van der Waals surface area contributed by atoms with E-state index >= 15 is 0 Å². The molecule has 0 saturated heterocycles. The first kappa shape index (κ1) is 17.5. The van der Waals surface area contributed by atoms with E-state index in [9.17, 15) is 0 Å². The van der Waals surface area contributed by atoms with Crippen LogP contribution in [0, 0.1) is 0 Å². The lowest BCUT2D eigenvalue weighted by atomic mass is 10.3. The largest absolute Gasteiger partial charge is 0.488 e. The summed E-state index contributed by atoms with van der Waals surface area (Å²) >= 11 is 0. The fourth-order valence-electron chi connectivity index (χ4n) is 1.38. The second-order valence-corrected chi connectivity index (χ2v) is 4.52. The molecule has 0 bridgehead atoms. The Kier molecular flexibility index (Phi) is 10.7. The Hall–Kier alpha value is -1.48. The maximum Gasteiger partial charge on any atom is 0.135 e. The minimum atomic E-state index is 0.475. The third kappa shape index (κ3) is 10.2. The average molecular weight is 264 g/mol. The highest BCUT2D eigenvalue weighted by atomic mass is 16.5. The Balaban J connectivity index is 4.14. The first-order valence-electron chi connectivity index (χ1n) is 6.85. The standard InChI is InChI=1S/C16H28N2O/c1-6-8-10-16(15(5)19-13-7-2)18-12-9-11-17-14(3)4/h6-8,10,14,17-18H,2,5,9,11-13H2,1,3-4H3/b8-6-,16-10+. The van der Waals surface area contributed by atoms with Crippen LogP contribution in [-0.2, 0) is 4.74 Å². The normalized spacial score (nSPS) is 11.9. The molecule has 108 valence electrons. The molecule has 0 fully saturated rings. The van der Waals surface area contributed by atoms with Crippen molar-refractivity contribution in [1.29, 1.82) is 0 Å². The Morgan fingerprint density at radius 3 is 2.63 bits per heavy atom. The van der Waals surface area contributed by atoms with Crippen LogP contribution in [0.2, 0.25) is 0 Å². The smallest absolute Gasteiger partial charge is 0.135 e. The molecule has 0 spiro atoms. The number of hydrogen-bond acceptors (Lipinski definition) is 3. The summed E-state index contributed by atoms with van der Waals surface area (Å²) in [6, 6.07) is 0.531. The summed E-state index contributed by atoms with van der Waals surface area (Å²) in [5.74, 6) is 0.648. The van der Waals surface area contributed by atoms with E-state index in [4.69, 9.17) is 4.74 Å². The first-order chi connectivity index (χ1) is 9.11. The van der Waals surface area contributed by atoms with Gasteiger partial charge in [-0.2, -0.15) is 0 Å². The number of nitrogens with one attached hydrogen (secondary N) is 2. The SMILES string of the molecule is C=CCOC(=C)/C(=C\C=C/C)NCCCNC(C)C. The van der Waals surface area contributed by atoms with Crippen molar-refractivity contribution in [2.75, 3.05) is 19.7 Å². The van der Waals surface area contributed by atoms with Crippen LogP contribution in [-0.4, -0.2) is 25.7 Å². The molecule has 2 N–H and O–H groups in total. The molecule has 0 aromatic rings. The van der Waals surface area contributed by atoms with Gasteiger partial charge in [-0.3, -0.25) is 0 Å². The Labute approximate surface area is 118 Å². The van der Waals surface area contributed by atoms with Crippen molar-refractivity contribution in [1.82, 2.24) is 10.6 Å². The molecule has 0 rings (SSSR count). The van der Waals surface area contributed by atoms with Gasteiger partial charge in [0.25, 0.3) is 0 Å². The van der Waals surface area contributed by atoms with Crippen LogP contribution in [0.3, 0.4) is 0 Å². The van der Waals surface area contributed by atoms with Crippen LogP contribution in [0.4, 0.5) is 0 Å². The molecule has 0 heterocycles. The van der Waals surface area contributed by atoms with Crippen molar-refractivity contribution in [2.45, 2.75) is 33.2 Å². The minimum Gasteiger partial charge on any atom is -0.488 e. The molecule has 0 aromatic heterocycles. The zero-order valence-electron chi connectivity index (χ0n) is 12.5. The Morgan fingerprint density at radius 2 is 2.05 bits per heavy atom. The van der Waals surface area contributed by atoms with Gasteiger partial charge in [0.15, 0.2) is 0 Å². The maximum atomic E-state index is 5.45. The molecule has 19 heavy (non-hydrogen) atoms. The van der Waals surface area contributed by atoms with Crippen LogP contribution in [0.15, 0.2) is 48.9 Å². The van der Waals surface area contributed by atoms with E-state index in [2.05, 4.69) is 37.6 Å².